The van der Waals surface area contributed by atoms with Gasteiger partial charge in [-0.2, -0.15) is 0 Å². The van der Waals surface area contributed by atoms with Crippen LogP contribution in [0.15, 0.2) is 109 Å². The molecule has 0 bridgehead atoms. The Hall–Kier alpha value is -3.93. The Morgan fingerprint density at radius 2 is 0.549 bits per heavy atom. The van der Waals surface area contributed by atoms with Crippen LogP contribution >= 0.6 is 0 Å². The molecule has 6 heteroatoms. The van der Waals surface area contributed by atoms with Crippen molar-refractivity contribution in [2.24, 2.45) is 0 Å². The molecule has 0 heterocycles. The number of allylic oxidation sites excluding steroid dienone is 18. The summed E-state index contributed by atoms with van der Waals surface area (Å²) in [6.07, 6.45) is 79.5. The summed E-state index contributed by atoms with van der Waals surface area (Å²) in [5.74, 6) is -0.967. The molecule has 0 saturated heterocycles. The Morgan fingerprint density at radius 3 is 0.887 bits per heavy atom. The molecule has 6 nitrogen and oxygen atoms in total. The van der Waals surface area contributed by atoms with Crippen LogP contribution in [0.25, 0.3) is 0 Å². The number of carbonyl (C=O) groups is 3. The van der Waals surface area contributed by atoms with Crippen molar-refractivity contribution in [2.45, 2.75) is 271 Å². The summed E-state index contributed by atoms with van der Waals surface area (Å²) in [7, 11) is 0. The van der Waals surface area contributed by atoms with Crippen molar-refractivity contribution in [3.63, 3.8) is 0 Å². The molecule has 0 radical (unpaired) electrons. The summed E-state index contributed by atoms with van der Waals surface area (Å²) in [4.78, 5) is 38.2. The third-order valence-electron chi connectivity index (χ3n) is 12.2. The van der Waals surface area contributed by atoms with Gasteiger partial charge in [0.05, 0.1) is 0 Å². The number of rotatable bonds is 52. The molecule has 0 saturated carbocycles. The molecule has 0 aromatic rings. The van der Waals surface area contributed by atoms with E-state index in [9.17, 15) is 14.4 Å². The lowest BCUT2D eigenvalue weighted by Gasteiger charge is -2.18. The summed E-state index contributed by atoms with van der Waals surface area (Å²) in [6, 6.07) is 0. The van der Waals surface area contributed by atoms with E-state index in [2.05, 4.69) is 130 Å². The molecule has 0 N–H and O–H groups in total. The van der Waals surface area contributed by atoms with Crippen molar-refractivity contribution >= 4 is 17.9 Å². The van der Waals surface area contributed by atoms with Crippen molar-refractivity contribution in [3.05, 3.63) is 109 Å². The molecule has 71 heavy (non-hydrogen) atoms. The maximum absolute atomic E-state index is 12.9. The van der Waals surface area contributed by atoms with Crippen molar-refractivity contribution < 1.29 is 28.6 Å². The van der Waals surface area contributed by atoms with Crippen LogP contribution in [-0.2, 0) is 28.6 Å². The van der Waals surface area contributed by atoms with E-state index in [0.717, 1.165) is 122 Å². The zero-order valence-electron chi connectivity index (χ0n) is 46.2. The Morgan fingerprint density at radius 1 is 0.296 bits per heavy atom. The molecule has 0 amide bonds. The van der Waals surface area contributed by atoms with Crippen LogP contribution in [0.5, 0.6) is 0 Å². The lowest BCUT2D eigenvalue weighted by atomic mass is 10.1. The second-order valence-corrected chi connectivity index (χ2v) is 19.1. The van der Waals surface area contributed by atoms with Gasteiger partial charge in [0.1, 0.15) is 13.2 Å². The van der Waals surface area contributed by atoms with E-state index in [1.807, 2.05) is 0 Å². The third-order valence-corrected chi connectivity index (χ3v) is 12.2. The zero-order chi connectivity index (χ0) is 51.4. The van der Waals surface area contributed by atoms with E-state index in [0.29, 0.717) is 12.8 Å². The van der Waals surface area contributed by atoms with Crippen LogP contribution in [0.1, 0.15) is 265 Å². The highest BCUT2D eigenvalue weighted by Crippen LogP contribution is 2.15. The minimum atomic E-state index is -0.811. The standard InChI is InChI=1S/C65H108O6/c1-4-7-10-13-16-19-22-25-27-29-31-32-34-35-37-40-43-46-49-52-55-58-64(67)70-61-62(60-69-63(66)57-54-51-48-45-42-39-24-21-18-15-12-9-6-3)71-65(68)59-56-53-50-47-44-41-38-36-33-30-28-26-23-20-17-14-11-8-5-2/h8-9,11-12,17-18,20-21,26,28-29,31,33,36,39,41-42,44,62H,4-7,10,13-16,19,22-25,27,30,32,34-35,37-38,40,43,45-61H2,1-3H3/b11-8-,12-9-,20-17-,21-18-,28-26-,31-29-,36-33-,42-39-,44-41-. The van der Waals surface area contributed by atoms with Gasteiger partial charge in [0.2, 0.25) is 0 Å². The Bertz CT molecular complexity index is 1460. The first-order valence-electron chi connectivity index (χ1n) is 29.4. The second-order valence-electron chi connectivity index (χ2n) is 19.1. The van der Waals surface area contributed by atoms with Gasteiger partial charge in [0, 0.05) is 19.3 Å². The average molecular weight is 986 g/mol. The van der Waals surface area contributed by atoms with Crippen LogP contribution in [0, 0.1) is 0 Å². The van der Waals surface area contributed by atoms with Gasteiger partial charge in [0.25, 0.3) is 0 Å². The number of hydrogen-bond acceptors (Lipinski definition) is 6. The van der Waals surface area contributed by atoms with Gasteiger partial charge in [-0.05, 0) is 122 Å². The highest BCUT2D eigenvalue weighted by molar-refractivity contribution is 5.71. The van der Waals surface area contributed by atoms with E-state index in [1.54, 1.807) is 0 Å². The fourth-order valence-corrected chi connectivity index (χ4v) is 7.89. The van der Waals surface area contributed by atoms with Crippen molar-refractivity contribution in [2.75, 3.05) is 13.2 Å². The molecule has 1 unspecified atom stereocenters. The van der Waals surface area contributed by atoms with Gasteiger partial charge in [-0.1, -0.05) is 233 Å². The maximum atomic E-state index is 12.9. The molecule has 0 aliphatic heterocycles. The number of esters is 3. The van der Waals surface area contributed by atoms with E-state index >= 15 is 0 Å². The lowest BCUT2D eigenvalue weighted by Crippen LogP contribution is -2.30. The van der Waals surface area contributed by atoms with Crippen LogP contribution in [0.4, 0.5) is 0 Å². The first-order valence-corrected chi connectivity index (χ1v) is 29.4. The molecule has 1 atom stereocenters. The van der Waals surface area contributed by atoms with E-state index in [4.69, 9.17) is 14.2 Å². The number of hydrogen-bond donors (Lipinski definition) is 0. The predicted molar refractivity (Wildman–Crippen MR) is 307 cm³/mol. The van der Waals surface area contributed by atoms with Gasteiger partial charge in [0.15, 0.2) is 6.10 Å². The fraction of sp³-hybridized carbons (Fsp3) is 0.677. The van der Waals surface area contributed by atoms with Crippen LogP contribution < -0.4 is 0 Å². The van der Waals surface area contributed by atoms with E-state index < -0.39 is 6.10 Å². The Kier molecular flexibility index (Phi) is 55.4. The van der Waals surface area contributed by atoms with Gasteiger partial charge >= 0.3 is 17.9 Å². The number of ether oxygens (including phenoxy) is 3. The van der Waals surface area contributed by atoms with Crippen LogP contribution in [-0.4, -0.2) is 37.2 Å². The number of carbonyl (C=O) groups excluding carboxylic acids is 3. The second kappa shape index (κ2) is 58.6. The Labute approximate surface area is 438 Å². The maximum Gasteiger partial charge on any atom is 0.306 e. The van der Waals surface area contributed by atoms with Crippen molar-refractivity contribution in [1.29, 1.82) is 0 Å². The molecule has 0 spiro atoms. The van der Waals surface area contributed by atoms with Gasteiger partial charge in [-0.15, -0.1) is 0 Å². The monoisotopic (exact) mass is 985 g/mol. The summed E-state index contributed by atoms with van der Waals surface area (Å²) in [6.45, 7) is 6.36. The average Bonchev–Trinajstić information content (AvgIpc) is 3.37. The highest BCUT2D eigenvalue weighted by Gasteiger charge is 2.19. The third kappa shape index (κ3) is 56.9. The SMILES string of the molecule is CC/C=C\C/C=C\C/C=C\C/C=C\C/C=C\CCCCCC(=O)OC(COC(=O)CCCCC/C=C\C/C=C\C/C=C\CC)COC(=O)CCCCCCCCCCC/C=C\CCCCCCCCCC. The summed E-state index contributed by atoms with van der Waals surface area (Å²) in [5.41, 5.74) is 0. The van der Waals surface area contributed by atoms with Crippen molar-refractivity contribution in [3.8, 4) is 0 Å². The molecule has 0 aliphatic carbocycles. The summed E-state index contributed by atoms with van der Waals surface area (Å²) in [5, 5.41) is 0. The quantitative estimate of drug-likeness (QED) is 0.0261. The van der Waals surface area contributed by atoms with Crippen molar-refractivity contribution in [1.82, 2.24) is 0 Å². The highest BCUT2D eigenvalue weighted by atomic mass is 16.6. The number of unbranched alkanes of at least 4 members (excludes halogenated alkanes) is 23. The molecule has 0 aromatic heterocycles. The zero-order valence-corrected chi connectivity index (χ0v) is 46.2. The molecule has 0 rings (SSSR count). The van der Waals surface area contributed by atoms with Gasteiger partial charge in [-0.3, -0.25) is 14.4 Å². The van der Waals surface area contributed by atoms with Gasteiger partial charge in [-0.25, -0.2) is 0 Å². The van der Waals surface area contributed by atoms with Gasteiger partial charge < -0.3 is 14.2 Å². The Balaban J connectivity index is 4.44. The normalized spacial score (nSPS) is 12.9. The van der Waals surface area contributed by atoms with Crippen LogP contribution in [0.2, 0.25) is 0 Å². The molecule has 0 aromatic carbocycles. The molecule has 0 fully saturated rings. The smallest absolute Gasteiger partial charge is 0.306 e. The van der Waals surface area contributed by atoms with E-state index in [-0.39, 0.29) is 37.5 Å². The lowest BCUT2D eigenvalue weighted by molar-refractivity contribution is -0.167. The molecular formula is C65H108O6. The largest absolute Gasteiger partial charge is 0.462 e. The summed E-state index contributed by atoms with van der Waals surface area (Å²) < 4.78 is 16.8. The minimum absolute atomic E-state index is 0.103. The minimum Gasteiger partial charge on any atom is -0.462 e. The molecular weight excluding hydrogens is 877 g/mol. The predicted octanol–water partition coefficient (Wildman–Crippen LogP) is 19.9. The first kappa shape index (κ1) is 67.1. The molecule has 0 aliphatic rings. The summed E-state index contributed by atoms with van der Waals surface area (Å²) >= 11 is 0. The van der Waals surface area contributed by atoms with E-state index in [1.165, 1.54) is 103 Å². The topological polar surface area (TPSA) is 78.9 Å². The molecule has 404 valence electrons. The first-order chi connectivity index (χ1) is 35.0. The fourth-order valence-electron chi connectivity index (χ4n) is 7.89. The van der Waals surface area contributed by atoms with Crippen LogP contribution in [0.3, 0.4) is 0 Å².